The molecule has 1 aromatic carbocycles. The van der Waals surface area contributed by atoms with Gasteiger partial charge in [0.05, 0.1) is 5.41 Å². The number of anilines is 1. The van der Waals surface area contributed by atoms with E-state index >= 15 is 0 Å². The van der Waals surface area contributed by atoms with E-state index in [9.17, 15) is 14.7 Å². The number of para-hydroxylation sites is 1. The van der Waals surface area contributed by atoms with Crippen LogP contribution in [0.15, 0.2) is 30.3 Å². The van der Waals surface area contributed by atoms with Crippen LogP contribution in [0.1, 0.15) is 33.6 Å². The van der Waals surface area contributed by atoms with Crippen LogP contribution in [0, 0.1) is 16.7 Å². The molecule has 0 radical (unpaired) electrons. The number of rotatable bonds is 3. The van der Waals surface area contributed by atoms with E-state index in [1.54, 1.807) is 6.92 Å². The smallest absolute Gasteiger partial charge is 0.309 e. The fourth-order valence-corrected chi connectivity index (χ4v) is 3.09. The van der Waals surface area contributed by atoms with Crippen molar-refractivity contribution in [1.29, 1.82) is 0 Å². The first-order chi connectivity index (χ1) is 9.29. The first-order valence-electron chi connectivity index (χ1n) is 6.88. The zero-order valence-electron chi connectivity index (χ0n) is 12.1. The molecule has 0 aromatic heterocycles. The van der Waals surface area contributed by atoms with Crippen LogP contribution in [0.5, 0.6) is 0 Å². The van der Waals surface area contributed by atoms with Crippen molar-refractivity contribution in [3.63, 3.8) is 0 Å². The highest BCUT2D eigenvalue weighted by atomic mass is 16.4. The molecule has 1 aliphatic rings. The zero-order chi connectivity index (χ0) is 15.0. The molecule has 2 rings (SSSR count). The monoisotopic (exact) mass is 275 g/mol. The van der Waals surface area contributed by atoms with Crippen molar-refractivity contribution < 1.29 is 14.7 Å². The predicted octanol–water partition coefficient (Wildman–Crippen LogP) is 3.15. The number of aliphatic carboxylic acids is 1. The van der Waals surface area contributed by atoms with Crippen molar-refractivity contribution in [2.45, 2.75) is 33.6 Å². The topological polar surface area (TPSA) is 66.4 Å². The lowest BCUT2D eigenvalue weighted by Gasteiger charge is -2.37. The molecular formula is C16H21NO3. The van der Waals surface area contributed by atoms with E-state index in [4.69, 9.17) is 0 Å². The second-order valence-corrected chi connectivity index (χ2v) is 6.31. The number of carbonyl (C=O) groups is 2. The van der Waals surface area contributed by atoms with E-state index < -0.39 is 16.8 Å². The van der Waals surface area contributed by atoms with Crippen molar-refractivity contribution in [1.82, 2.24) is 0 Å². The fraction of sp³-hybridized carbons (Fsp3) is 0.500. The molecular weight excluding hydrogens is 254 g/mol. The molecule has 0 aliphatic heterocycles. The van der Waals surface area contributed by atoms with E-state index in [-0.39, 0.29) is 11.8 Å². The summed E-state index contributed by atoms with van der Waals surface area (Å²) in [5.41, 5.74) is -0.680. The molecule has 0 spiro atoms. The third kappa shape index (κ3) is 2.19. The van der Waals surface area contributed by atoms with E-state index in [0.717, 1.165) is 5.69 Å². The Kier molecular flexibility index (Phi) is 3.59. The van der Waals surface area contributed by atoms with Gasteiger partial charge in [0.15, 0.2) is 0 Å². The van der Waals surface area contributed by atoms with Crippen LogP contribution < -0.4 is 5.32 Å². The highest BCUT2D eigenvalue weighted by Crippen LogP contribution is 2.56. The average Bonchev–Trinajstić information content (AvgIpc) is 2.63. The zero-order valence-corrected chi connectivity index (χ0v) is 12.1. The number of hydrogen-bond acceptors (Lipinski definition) is 2. The number of hydrogen-bond donors (Lipinski definition) is 2. The van der Waals surface area contributed by atoms with Crippen LogP contribution in [0.2, 0.25) is 0 Å². The molecule has 0 bridgehead atoms. The highest BCUT2D eigenvalue weighted by Gasteiger charge is 2.58. The minimum Gasteiger partial charge on any atom is -0.481 e. The Labute approximate surface area is 119 Å². The van der Waals surface area contributed by atoms with E-state index in [2.05, 4.69) is 5.32 Å². The molecule has 2 N–H and O–H groups in total. The van der Waals surface area contributed by atoms with Gasteiger partial charge in [0.2, 0.25) is 5.91 Å². The molecule has 20 heavy (non-hydrogen) atoms. The number of carbonyl (C=O) groups excluding carboxylic acids is 1. The fourth-order valence-electron chi connectivity index (χ4n) is 3.09. The molecule has 1 fully saturated rings. The summed E-state index contributed by atoms with van der Waals surface area (Å²) in [4.78, 5) is 24.0. The Hall–Kier alpha value is -1.84. The molecule has 0 saturated heterocycles. The summed E-state index contributed by atoms with van der Waals surface area (Å²) in [6.07, 6.45) is 1.14. The SMILES string of the molecule is CC1(C)[C@H](C(=O)Nc2ccccc2)CC[C@]1(C)C(=O)O. The number of benzene rings is 1. The summed E-state index contributed by atoms with van der Waals surface area (Å²) < 4.78 is 0. The molecule has 4 heteroatoms. The van der Waals surface area contributed by atoms with Crippen LogP contribution in [-0.4, -0.2) is 17.0 Å². The Morgan fingerprint density at radius 3 is 2.30 bits per heavy atom. The summed E-state index contributed by atoms with van der Waals surface area (Å²) in [5, 5.41) is 12.4. The first kappa shape index (κ1) is 14.6. The maximum atomic E-state index is 12.4. The van der Waals surface area contributed by atoms with Gasteiger partial charge in [-0.2, -0.15) is 0 Å². The van der Waals surface area contributed by atoms with Gasteiger partial charge < -0.3 is 10.4 Å². The largest absolute Gasteiger partial charge is 0.481 e. The standard InChI is InChI=1S/C16H21NO3/c1-15(2)12(9-10-16(15,3)14(19)20)13(18)17-11-7-5-4-6-8-11/h4-8,12H,9-10H2,1-3H3,(H,17,18)(H,19,20)/t12-,16+/m0/s1. The number of amides is 1. The lowest BCUT2D eigenvalue weighted by molar-refractivity contribution is -0.154. The summed E-state index contributed by atoms with van der Waals surface area (Å²) in [7, 11) is 0. The van der Waals surface area contributed by atoms with Gasteiger partial charge in [-0.25, -0.2) is 0 Å². The molecule has 0 unspecified atom stereocenters. The predicted molar refractivity (Wildman–Crippen MR) is 77.3 cm³/mol. The van der Waals surface area contributed by atoms with Crippen LogP contribution >= 0.6 is 0 Å². The van der Waals surface area contributed by atoms with Crippen molar-refractivity contribution in [2.75, 3.05) is 5.32 Å². The molecule has 1 aliphatic carbocycles. The lowest BCUT2D eigenvalue weighted by atomic mass is 9.65. The van der Waals surface area contributed by atoms with Crippen LogP contribution in [0.3, 0.4) is 0 Å². The first-order valence-corrected chi connectivity index (χ1v) is 6.88. The Morgan fingerprint density at radius 1 is 1.20 bits per heavy atom. The minimum atomic E-state index is -0.855. The van der Waals surface area contributed by atoms with Gasteiger partial charge in [-0.15, -0.1) is 0 Å². The van der Waals surface area contributed by atoms with E-state index in [1.165, 1.54) is 0 Å². The lowest BCUT2D eigenvalue weighted by Crippen LogP contribution is -2.43. The van der Waals surface area contributed by atoms with Gasteiger partial charge in [-0.3, -0.25) is 9.59 Å². The van der Waals surface area contributed by atoms with Crippen LogP contribution in [0.25, 0.3) is 0 Å². The van der Waals surface area contributed by atoms with Crippen molar-refractivity contribution in [3.05, 3.63) is 30.3 Å². The molecule has 2 atom stereocenters. The number of nitrogens with one attached hydrogen (secondary N) is 1. The summed E-state index contributed by atoms with van der Waals surface area (Å²) in [5.74, 6) is -1.20. The quantitative estimate of drug-likeness (QED) is 0.890. The van der Waals surface area contributed by atoms with Gasteiger partial charge in [0.1, 0.15) is 0 Å². The van der Waals surface area contributed by atoms with Crippen molar-refractivity contribution in [3.8, 4) is 0 Å². The minimum absolute atomic E-state index is 0.0915. The van der Waals surface area contributed by atoms with Gasteiger partial charge >= 0.3 is 5.97 Å². The number of carboxylic acid groups (broad SMARTS) is 1. The van der Waals surface area contributed by atoms with Crippen molar-refractivity contribution in [2.24, 2.45) is 16.7 Å². The molecule has 108 valence electrons. The molecule has 1 aromatic rings. The Morgan fingerprint density at radius 2 is 1.80 bits per heavy atom. The van der Waals surface area contributed by atoms with E-state index in [1.807, 2.05) is 44.2 Å². The highest BCUT2D eigenvalue weighted by molar-refractivity contribution is 5.94. The second kappa shape index (κ2) is 4.93. The van der Waals surface area contributed by atoms with Crippen LogP contribution in [-0.2, 0) is 9.59 Å². The van der Waals surface area contributed by atoms with E-state index in [0.29, 0.717) is 12.8 Å². The average molecular weight is 275 g/mol. The normalized spacial score (nSPS) is 28.1. The number of carboxylic acids is 1. The van der Waals surface area contributed by atoms with Gasteiger partial charge in [0, 0.05) is 11.6 Å². The summed E-state index contributed by atoms with van der Waals surface area (Å²) in [6, 6.07) is 9.26. The van der Waals surface area contributed by atoms with Gasteiger partial charge in [-0.05, 0) is 37.3 Å². The second-order valence-electron chi connectivity index (χ2n) is 6.31. The Balaban J connectivity index is 2.18. The maximum absolute atomic E-state index is 12.4. The summed E-state index contributed by atoms with van der Waals surface area (Å²) in [6.45, 7) is 5.50. The molecule has 4 nitrogen and oxygen atoms in total. The molecule has 0 heterocycles. The molecule has 1 saturated carbocycles. The maximum Gasteiger partial charge on any atom is 0.309 e. The molecule has 1 amide bonds. The summed E-state index contributed by atoms with van der Waals surface area (Å²) >= 11 is 0. The van der Waals surface area contributed by atoms with Gasteiger partial charge in [-0.1, -0.05) is 32.0 Å². The third-order valence-electron chi connectivity index (χ3n) is 5.06. The van der Waals surface area contributed by atoms with Gasteiger partial charge in [0.25, 0.3) is 0 Å². The third-order valence-corrected chi connectivity index (χ3v) is 5.06. The van der Waals surface area contributed by atoms with Crippen molar-refractivity contribution >= 4 is 17.6 Å². The van der Waals surface area contributed by atoms with Crippen LogP contribution in [0.4, 0.5) is 5.69 Å². The Bertz CT molecular complexity index is 524.